The second-order valence-corrected chi connectivity index (χ2v) is 5.18. The molecular formula is C17H19ClFNO. The summed E-state index contributed by atoms with van der Waals surface area (Å²) in [7, 11) is 1.46. The maximum atomic E-state index is 14.6. The highest BCUT2D eigenvalue weighted by atomic mass is 35.5. The molecule has 0 heterocycles. The second kappa shape index (κ2) is 7.43. The lowest BCUT2D eigenvalue weighted by atomic mass is 9.97. The fourth-order valence-corrected chi connectivity index (χ4v) is 2.54. The Hall–Kier alpha value is -1.58. The summed E-state index contributed by atoms with van der Waals surface area (Å²) in [6, 6.07) is 12.4. The van der Waals surface area contributed by atoms with E-state index < -0.39 is 0 Å². The summed E-state index contributed by atoms with van der Waals surface area (Å²) in [5.41, 5.74) is 1.40. The molecular weight excluding hydrogens is 289 g/mol. The van der Waals surface area contributed by atoms with E-state index in [0.29, 0.717) is 10.6 Å². The van der Waals surface area contributed by atoms with Crippen LogP contribution < -0.4 is 10.1 Å². The van der Waals surface area contributed by atoms with Gasteiger partial charge in [-0.05, 0) is 30.7 Å². The lowest BCUT2D eigenvalue weighted by molar-refractivity contribution is 0.381. The Morgan fingerprint density at radius 3 is 2.52 bits per heavy atom. The minimum atomic E-state index is -0.353. The van der Waals surface area contributed by atoms with E-state index >= 15 is 0 Å². The Bertz CT molecular complexity index is 603. The number of halogens is 2. The molecule has 21 heavy (non-hydrogen) atoms. The molecule has 0 saturated heterocycles. The van der Waals surface area contributed by atoms with Gasteiger partial charge in [0, 0.05) is 10.6 Å². The van der Waals surface area contributed by atoms with E-state index in [0.717, 1.165) is 18.5 Å². The van der Waals surface area contributed by atoms with Crippen molar-refractivity contribution in [2.45, 2.75) is 19.4 Å². The summed E-state index contributed by atoms with van der Waals surface area (Å²) in [5, 5.41) is 3.97. The molecule has 2 rings (SSSR count). The van der Waals surface area contributed by atoms with Crippen LogP contribution in [0.2, 0.25) is 5.02 Å². The van der Waals surface area contributed by atoms with Crippen LogP contribution in [0.3, 0.4) is 0 Å². The van der Waals surface area contributed by atoms with Crippen LogP contribution in [0.15, 0.2) is 42.5 Å². The van der Waals surface area contributed by atoms with Gasteiger partial charge < -0.3 is 10.1 Å². The van der Waals surface area contributed by atoms with E-state index in [1.165, 1.54) is 7.11 Å². The molecule has 0 radical (unpaired) electrons. The van der Waals surface area contributed by atoms with Gasteiger partial charge in [0.1, 0.15) is 0 Å². The van der Waals surface area contributed by atoms with E-state index in [1.807, 2.05) is 24.3 Å². The first-order chi connectivity index (χ1) is 10.2. The Kier molecular flexibility index (Phi) is 5.59. The smallest absolute Gasteiger partial charge is 0.170 e. The molecule has 0 aliphatic carbocycles. The minimum absolute atomic E-state index is 0.239. The highest BCUT2D eigenvalue weighted by Crippen LogP contribution is 2.32. The van der Waals surface area contributed by atoms with Crippen LogP contribution in [0.4, 0.5) is 4.39 Å². The zero-order valence-corrected chi connectivity index (χ0v) is 13.0. The topological polar surface area (TPSA) is 21.3 Å². The molecule has 2 nitrogen and oxygen atoms in total. The molecule has 1 unspecified atom stereocenters. The third kappa shape index (κ3) is 3.55. The highest BCUT2D eigenvalue weighted by Gasteiger charge is 2.21. The quantitative estimate of drug-likeness (QED) is 0.843. The lowest BCUT2D eigenvalue weighted by Crippen LogP contribution is -2.24. The lowest BCUT2D eigenvalue weighted by Gasteiger charge is -2.22. The van der Waals surface area contributed by atoms with Crippen molar-refractivity contribution >= 4 is 11.6 Å². The van der Waals surface area contributed by atoms with Gasteiger partial charge in [0.2, 0.25) is 0 Å². The van der Waals surface area contributed by atoms with Gasteiger partial charge in [0.05, 0.1) is 13.2 Å². The van der Waals surface area contributed by atoms with Gasteiger partial charge in [-0.3, -0.25) is 0 Å². The van der Waals surface area contributed by atoms with Crippen LogP contribution in [0.25, 0.3) is 0 Å². The largest absolute Gasteiger partial charge is 0.494 e. The van der Waals surface area contributed by atoms with Crippen molar-refractivity contribution in [3.63, 3.8) is 0 Å². The zero-order chi connectivity index (χ0) is 15.2. The number of ether oxygens (including phenoxy) is 1. The highest BCUT2D eigenvalue weighted by molar-refractivity contribution is 6.31. The third-order valence-electron chi connectivity index (χ3n) is 3.34. The van der Waals surface area contributed by atoms with Crippen molar-refractivity contribution < 1.29 is 9.13 Å². The van der Waals surface area contributed by atoms with Gasteiger partial charge in [-0.1, -0.05) is 48.9 Å². The Morgan fingerprint density at radius 2 is 1.86 bits per heavy atom. The van der Waals surface area contributed by atoms with Crippen molar-refractivity contribution in [1.82, 2.24) is 5.32 Å². The van der Waals surface area contributed by atoms with E-state index in [2.05, 4.69) is 12.2 Å². The van der Waals surface area contributed by atoms with E-state index in [4.69, 9.17) is 16.3 Å². The van der Waals surface area contributed by atoms with Gasteiger partial charge in [0.15, 0.2) is 11.6 Å². The minimum Gasteiger partial charge on any atom is -0.494 e. The summed E-state index contributed by atoms with van der Waals surface area (Å²) >= 11 is 6.28. The van der Waals surface area contributed by atoms with E-state index in [-0.39, 0.29) is 17.6 Å². The van der Waals surface area contributed by atoms with Gasteiger partial charge in [-0.2, -0.15) is 0 Å². The van der Waals surface area contributed by atoms with Crippen LogP contribution in [0, 0.1) is 5.82 Å². The molecule has 0 aliphatic heterocycles. The summed E-state index contributed by atoms with van der Waals surface area (Å²) in [4.78, 5) is 0. The van der Waals surface area contributed by atoms with Crippen LogP contribution in [0.1, 0.15) is 30.5 Å². The Balaban J connectivity index is 2.48. The van der Waals surface area contributed by atoms with Crippen LogP contribution >= 0.6 is 11.6 Å². The number of benzene rings is 2. The first-order valence-corrected chi connectivity index (χ1v) is 7.37. The third-order valence-corrected chi connectivity index (χ3v) is 3.68. The summed E-state index contributed by atoms with van der Waals surface area (Å²) in [6.07, 6.45) is 0.951. The van der Waals surface area contributed by atoms with Crippen LogP contribution in [0.5, 0.6) is 5.75 Å². The van der Waals surface area contributed by atoms with Crippen molar-refractivity contribution in [3.05, 3.63) is 64.4 Å². The molecule has 4 heteroatoms. The average Bonchev–Trinajstić information content (AvgIpc) is 2.50. The number of hydrogen-bond donors (Lipinski definition) is 1. The molecule has 1 atom stereocenters. The number of nitrogens with one attached hydrogen (secondary N) is 1. The maximum absolute atomic E-state index is 14.6. The Morgan fingerprint density at radius 1 is 1.14 bits per heavy atom. The molecule has 1 N–H and O–H groups in total. The predicted octanol–water partition coefficient (Wildman–Crippen LogP) is 4.58. The molecule has 2 aromatic rings. The molecule has 0 saturated carbocycles. The van der Waals surface area contributed by atoms with Crippen molar-refractivity contribution in [2.75, 3.05) is 13.7 Å². The zero-order valence-electron chi connectivity index (χ0n) is 12.2. The first kappa shape index (κ1) is 15.8. The number of hydrogen-bond acceptors (Lipinski definition) is 2. The van der Waals surface area contributed by atoms with Crippen molar-refractivity contribution in [1.29, 1.82) is 0 Å². The predicted molar refractivity (Wildman–Crippen MR) is 84.5 cm³/mol. The van der Waals surface area contributed by atoms with E-state index in [9.17, 15) is 4.39 Å². The molecule has 0 aliphatic rings. The molecule has 0 bridgehead atoms. The molecule has 0 amide bonds. The van der Waals surface area contributed by atoms with Gasteiger partial charge in [-0.25, -0.2) is 4.39 Å². The van der Waals surface area contributed by atoms with Crippen molar-refractivity contribution in [2.24, 2.45) is 0 Å². The first-order valence-electron chi connectivity index (χ1n) is 6.99. The van der Waals surface area contributed by atoms with E-state index in [1.54, 1.807) is 18.2 Å². The molecule has 2 aromatic carbocycles. The van der Waals surface area contributed by atoms with Gasteiger partial charge >= 0.3 is 0 Å². The molecule has 0 aromatic heterocycles. The monoisotopic (exact) mass is 307 g/mol. The fraction of sp³-hybridized carbons (Fsp3) is 0.294. The second-order valence-electron chi connectivity index (χ2n) is 4.77. The van der Waals surface area contributed by atoms with Crippen molar-refractivity contribution in [3.8, 4) is 5.75 Å². The maximum Gasteiger partial charge on any atom is 0.170 e. The number of rotatable bonds is 6. The van der Waals surface area contributed by atoms with Gasteiger partial charge in [0.25, 0.3) is 0 Å². The molecule has 0 spiro atoms. The SMILES string of the molecule is CCCNC(c1ccccc1Cl)c1cccc(OC)c1F. The molecule has 112 valence electrons. The normalized spacial score (nSPS) is 12.2. The summed E-state index contributed by atoms with van der Waals surface area (Å²) < 4.78 is 19.6. The summed E-state index contributed by atoms with van der Waals surface area (Å²) in [6.45, 7) is 2.84. The Labute approximate surface area is 129 Å². The fourth-order valence-electron chi connectivity index (χ4n) is 2.29. The van der Waals surface area contributed by atoms with Crippen LogP contribution in [-0.2, 0) is 0 Å². The number of methoxy groups -OCH3 is 1. The molecule has 0 fully saturated rings. The average molecular weight is 308 g/mol. The summed E-state index contributed by atoms with van der Waals surface area (Å²) in [5.74, 6) is -0.114. The standard InChI is InChI=1S/C17H19ClFNO/c1-3-11-20-17(12-7-4-5-9-14(12)18)13-8-6-10-15(21-2)16(13)19/h4-10,17,20H,3,11H2,1-2H3. The van der Waals surface area contributed by atoms with Gasteiger partial charge in [-0.15, -0.1) is 0 Å². The van der Waals surface area contributed by atoms with Crippen LogP contribution in [-0.4, -0.2) is 13.7 Å².